The molecule has 1 saturated heterocycles. The van der Waals surface area contributed by atoms with Crippen molar-refractivity contribution >= 4 is 18.0 Å². The van der Waals surface area contributed by atoms with Crippen LogP contribution in [0.5, 0.6) is 5.88 Å². The van der Waals surface area contributed by atoms with Gasteiger partial charge in [0.2, 0.25) is 11.8 Å². The van der Waals surface area contributed by atoms with Crippen LogP contribution in [0.1, 0.15) is 83.0 Å². The van der Waals surface area contributed by atoms with Crippen LogP contribution < -0.4 is 15.4 Å². The molecule has 2 atom stereocenters. The van der Waals surface area contributed by atoms with Gasteiger partial charge >= 0.3 is 0 Å². The third-order valence-electron chi connectivity index (χ3n) is 8.76. The Morgan fingerprint density at radius 1 is 1.24 bits per heavy atom. The fourth-order valence-corrected chi connectivity index (χ4v) is 7.13. The van der Waals surface area contributed by atoms with Crippen LogP contribution in [-0.2, 0) is 9.53 Å². The van der Waals surface area contributed by atoms with Gasteiger partial charge in [-0.15, -0.1) is 0 Å². The summed E-state index contributed by atoms with van der Waals surface area (Å²) < 4.78 is 13.1. The second-order valence-corrected chi connectivity index (χ2v) is 13.1. The molecule has 1 aliphatic heterocycles. The summed E-state index contributed by atoms with van der Waals surface area (Å²) in [6.07, 6.45) is 11.3. The van der Waals surface area contributed by atoms with Gasteiger partial charge in [-0.1, -0.05) is 13.8 Å². The molecule has 9 heteroatoms. The highest BCUT2D eigenvalue weighted by Crippen LogP contribution is 2.55. The van der Waals surface area contributed by atoms with E-state index in [1.54, 1.807) is 17.1 Å². The van der Waals surface area contributed by atoms with Gasteiger partial charge < -0.3 is 25.2 Å². The largest absolute Gasteiger partial charge is 0.477 e. The number of nitrogens with one attached hydrogen (secondary N) is 2. The first-order valence-electron chi connectivity index (χ1n) is 14.3. The second kappa shape index (κ2) is 10.6. The summed E-state index contributed by atoms with van der Waals surface area (Å²) >= 11 is 0. The Bertz CT molecular complexity index is 1040. The van der Waals surface area contributed by atoms with E-state index in [0.717, 1.165) is 44.9 Å². The zero-order valence-corrected chi connectivity index (χ0v) is 23.2. The van der Waals surface area contributed by atoms with Gasteiger partial charge in [-0.3, -0.25) is 9.59 Å². The molecule has 210 valence electrons. The van der Waals surface area contributed by atoms with E-state index in [-0.39, 0.29) is 29.7 Å². The van der Waals surface area contributed by atoms with E-state index >= 15 is 0 Å². The van der Waals surface area contributed by atoms with Crippen molar-refractivity contribution in [3.8, 4) is 5.88 Å². The topological polar surface area (TPSA) is 115 Å². The van der Waals surface area contributed by atoms with Crippen LogP contribution in [0, 0.1) is 29.6 Å². The van der Waals surface area contributed by atoms with E-state index in [1.165, 1.54) is 0 Å². The van der Waals surface area contributed by atoms with Gasteiger partial charge in [0.05, 0.1) is 23.9 Å². The Hall–Kier alpha value is -2.39. The molecular weight excluding hydrogens is 484 g/mol. The van der Waals surface area contributed by atoms with Gasteiger partial charge in [-0.2, -0.15) is 5.10 Å². The minimum Gasteiger partial charge on any atom is -0.477 e. The normalized spacial score (nSPS) is 31.2. The molecule has 4 saturated carbocycles. The molecular formula is C29H44N4O5. The minimum atomic E-state index is -0.611. The number of hydrogen-bond acceptors (Lipinski definition) is 6. The van der Waals surface area contributed by atoms with Gasteiger partial charge in [0.1, 0.15) is 5.56 Å². The number of amides is 2. The van der Waals surface area contributed by atoms with Crippen LogP contribution in [0.3, 0.4) is 0 Å². The standard InChI is InChI=1S/C29H44N4O5/c1-18(2)17-38-27-23(26(35)31-24-21-11-19-12-22(24)15-29(36,13-19)14-21)16-30-33(27)8-7-28(3,4)32-25(34)20-5-9-37-10-6-20/h7-8,16,18-22,24,36H,5-6,9-15,17H2,1-4H3,(H,31,35)(H,32,34)/b8-7+/t19?,21?,22?,24-,29+. The van der Waals surface area contributed by atoms with E-state index in [9.17, 15) is 14.7 Å². The fraction of sp³-hybridized carbons (Fsp3) is 0.759. The summed E-state index contributed by atoms with van der Waals surface area (Å²) in [6.45, 7) is 9.68. The maximum atomic E-state index is 13.5. The Morgan fingerprint density at radius 3 is 2.55 bits per heavy atom. The lowest BCUT2D eigenvalue weighted by Gasteiger charge is -2.58. The first kappa shape index (κ1) is 27.2. The highest BCUT2D eigenvalue weighted by atomic mass is 16.5. The van der Waals surface area contributed by atoms with Crippen molar-refractivity contribution in [1.29, 1.82) is 0 Å². The molecule has 1 aromatic rings. The number of ether oxygens (including phenoxy) is 2. The van der Waals surface area contributed by atoms with Gasteiger partial charge in [0.15, 0.2) is 0 Å². The minimum absolute atomic E-state index is 0.0279. The van der Waals surface area contributed by atoms with E-state index in [2.05, 4.69) is 29.6 Å². The quantitative estimate of drug-likeness (QED) is 0.453. The van der Waals surface area contributed by atoms with Crippen LogP contribution in [0.2, 0.25) is 0 Å². The Balaban J connectivity index is 1.29. The zero-order valence-electron chi connectivity index (χ0n) is 23.2. The maximum absolute atomic E-state index is 13.5. The predicted octanol–water partition coefficient (Wildman–Crippen LogP) is 3.38. The number of hydrogen-bond donors (Lipinski definition) is 3. The van der Waals surface area contributed by atoms with Crippen molar-refractivity contribution in [3.63, 3.8) is 0 Å². The first-order chi connectivity index (χ1) is 18.0. The van der Waals surface area contributed by atoms with Crippen LogP contribution in [0.4, 0.5) is 0 Å². The van der Waals surface area contributed by atoms with Gasteiger partial charge in [-0.05, 0) is 88.5 Å². The summed E-state index contributed by atoms with van der Waals surface area (Å²) in [5.41, 5.74) is -0.738. The van der Waals surface area contributed by atoms with Gasteiger partial charge in [-0.25, -0.2) is 4.68 Å². The van der Waals surface area contributed by atoms with Crippen molar-refractivity contribution < 1.29 is 24.2 Å². The Kier molecular flexibility index (Phi) is 7.61. The highest BCUT2D eigenvalue weighted by molar-refractivity contribution is 5.96. The Morgan fingerprint density at radius 2 is 1.92 bits per heavy atom. The van der Waals surface area contributed by atoms with Crippen molar-refractivity contribution in [3.05, 3.63) is 17.8 Å². The lowest BCUT2D eigenvalue weighted by molar-refractivity contribution is -0.137. The van der Waals surface area contributed by atoms with Gasteiger partial charge in [0, 0.05) is 31.4 Å². The molecule has 2 unspecified atom stereocenters. The summed E-state index contributed by atoms with van der Waals surface area (Å²) in [5.74, 6) is 1.72. The van der Waals surface area contributed by atoms with Crippen LogP contribution in [-0.4, -0.2) is 63.7 Å². The first-order valence-corrected chi connectivity index (χ1v) is 14.3. The molecule has 6 rings (SSSR count). The molecule has 3 N–H and O–H groups in total. The van der Waals surface area contributed by atoms with Crippen LogP contribution in [0.15, 0.2) is 12.3 Å². The predicted molar refractivity (Wildman–Crippen MR) is 143 cm³/mol. The summed E-state index contributed by atoms with van der Waals surface area (Å²) in [6, 6.07) is 0.0792. The third-order valence-corrected chi connectivity index (χ3v) is 8.76. The van der Waals surface area contributed by atoms with Crippen molar-refractivity contribution in [1.82, 2.24) is 20.4 Å². The number of carbonyl (C=O) groups is 2. The molecule has 2 heterocycles. The molecule has 4 aliphatic carbocycles. The number of aromatic nitrogens is 2. The number of rotatable bonds is 9. The average Bonchev–Trinajstić information content (AvgIpc) is 3.26. The lowest BCUT2D eigenvalue weighted by atomic mass is 9.52. The molecule has 38 heavy (non-hydrogen) atoms. The fourth-order valence-electron chi connectivity index (χ4n) is 7.13. The van der Waals surface area contributed by atoms with Crippen molar-refractivity contribution in [2.75, 3.05) is 19.8 Å². The molecule has 0 radical (unpaired) electrons. The van der Waals surface area contributed by atoms with Crippen molar-refractivity contribution in [2.24, 2.45) is 29.6 Å². The molecule has 2 amide bonds. The Labute approximate surface area is 225 Å². The molecule has 1 aromatic heterocycles. The van der Waals surface area contributed by atoms with E-state index in [0.29, 0.717) is 49.0 Å². The van der Waals surface area contributed by atoms with Crippen LogP contribution in [0.25, 0.3) is 6.20 Å². The molecule has 0 spiro atoms. The smallest absolute Gasteiger partial charge is 0.258 e. The molecule has 4 bridgehead atoms. The summed E-state index contributed by atoms with van der Waals surface area (Å²) in [7, 11) is 0. The molecule has 9 nitrogen and oxygen atoms in total. The monoisotopic (exact) mass is 528 g/mol. The van der Waals surface area contributed by atoms with Gasteiger partial charge in [0.25, 0.3) is 5.91 Å². The SMILES string of the molecule is CC(C)COc1c(C(=O)N[C@H]2C3CC4CC2C[C@@](O)(C4)C3)cnn1/C=C/C(C)(C)NC(=O)C1CCOCC1. The number of carbonyl (C=O) groups excluding carboxylic acids is 2. The number of nitrogens with zero attached hydrogens (tertiary/aromatic N) is 2. The average molecular weight is 529 g/mol. The zero-order chi connectivity index (χ0) is 27.1. The van der Waals surface area contributed by atoms with E-state index in [4.69, 9.17) is 9.47 Å². The highest BCUT2D eigenvalue weighted by Gasteiger charge is 2.55. The van der Waals surface area contributed by atoms with E-state index in [1.807, 2.05) is 19.9 Å². The summed E-state index contributed by atoms with van der Waals surface area (Å²) in [4.78, 5) is 26.3. The molecule has 5 fully saturated rings. The van der Waals surface area contributed by atoms with Crippen LogP contribution >= 0.6 is 0 Å². The number of aliphatic hydroxyl groups is 1. The molecule has 5 aliphatic rings. The van der Waals surface area contributed by atoms with E-state index < -0.39 is 11.1 Å². The van der Waals surface area contributed by atoms with Crippen molar-refractivity contribution in [2.45, 2.75) is 89.8 Å². The molecule has 0 aromatic carbocycles. The lowest BCUT2D eigenvalue weighted by Crippen LogP contribution is -2.61. The summed E-state index contributed by atoms with van der Waals surface area (Å²) in [5, 5.41) is 21.8. The third kappa shape index (κ3) is 5.93. The second-order valence-electron chi connectivity index (χ2n) is 13.1. The maximum Gasteiger partial charge on any atom is 0.258 e.